The lowest BCUT2D eigenvalue weighted by Crippen LogP contribution is -2.23. The number of methoxy groups -OCH3 is 1. The number of hydrogen-bond acceptors (Lipinski definition) is 3. The van der Waals surface area contributed by atoms with Crippen LogP contribution in [0.25, 0.3) is 0 Å². The number of aliphatic hydroxyl groups excluding tert-OH is 1. The number of likely N-dealkylation sites (tertiary alicyclic amines) is 1. The quantitative estimate of drug-likeness (QED) is 0.670. The molecule has 0 saturated carbocycles. The van der Waals surface area contributed by atoms with Crippen LogP contribution in [0, 0.1) is 0 Å². The van der Waals surface area contributed by atoms with E-state index in [2.05, 4.69) is 23.1 Å². The van der Waals surface area contributed by atoms with E-state index in [4.69, 9.17) is 4.74 Å². The Hall–Kier alpha value is -1.06. The molecule has 0 aromatic heterocycles. The molecule has 3 nitrogen and oxygen atoms in total. The van der Waals surface area contributed by atoms with Crippen molar-refractivity contribution in [2.75, 3.05) is 26.7 Å². The summed E-state index contributed by atoms with van der Waals surface area (Å²) < 4.78 is 5.26. The summed E-state index contributed by atoms with van der Waals surface area (Å²) in [4.78, 5) is 2.40. The first-order chi connectivity index (χ1) is 10.8. The number of aliphatic hydroxyl groups is 1. The Morgan fingerprint density at radius 3 is 2.64 bits per heavy atom. The van der Waals surface area contributed by atoms with Gasteiger partial charge in [0, 0.05) is 13.1 Å². The average molecular weight is 305 g/mol. The minimum absolute atomic E-state index is 0.0726. The standard InChI is InChI=1S/C19H31NO2/c1-22-19-11-8-10-17(15-19)9-6-4-2-3-5-7-13-20-14-12-18(21)16-20/h8,10-11,15,18,21H,2-7,9,12-14,16H2,1H3. The monoisotopic (exact) mass is 305 g/mol. The van der Waals surface area contributed by atoms with Crippen LogP contribution >= 0.6 is 0 Å². The van der Waals surface area contributed by atoms with Crippen LogP contribution in [0.2, 0.25) is 0 Å². The number of rotatable bonds is 10. The second-order valence-electron chi connectivity index (χ2n) is 6.47. The van der Waals surface area contributed by atoms with E-state index >= 15 is 0 Å². The highest BCUT2D eigenvalue weighted by molar-refractivity contribution is 5.28. The molecule has 1 saturated heterocycles. The van der Waals surface area contributed by atoms with Crippen molar-refractivity contribution in [1.29, 1.82) is 0 Å². The van der Waals surface area contributed by atoms with Gasteiger partial charge in [0.25, 0.3) is 0 Å². The maximum absolute atomic E-state index is 9.48. The molecule has 1 aliphatic rings. The molecule has 0 radical (unpaired) electrons. The lowest BCUT2D eigenvalue weighted by molar-refractivity contribution is 0.175. The zero-order valence-electron chi connectivity index (χ0n) is 14.0. The highest BCUT2D eigenvalue weighted by Gasteiger charge is 2.18. The smallest absolute Gasteiger partial charge is 0.119 e. The molecular formula is C19H31NO2. The molecule has 0 amide bonds. The van der Waals surface area contributed by atoms with E-state index in [-0.39, 0.29) is 6.10 Å². The lowest BCUT2D eigenvalue weighted by Gasteiger charge is -2.14. The predicted molar refractivity (Wildman–Crippen MR) is 91.5 cm³/mol. The fraction of sp³-hybridized carbons (Fsp3) is 0.684. The van der Waals surface area contributed by atoms with E-state index in [1.165, 1.54) is 50.6 Å². The van der Waals surface area contributed by atoms with Crippen LogP contribution in [0.15, 0.2) is 24.3 Å². The van der Waals surface area contributed by atoms with Crippen LogP contribution in [0.1, 0.15) is 50.5 Å². The van der Waals surface area contributed by atoms with Crippen LogP contribution < -0.4 is 4.74 Å². The molecule has 1 heterocycles. The number of ether oxygens (including phenoxy) is 1. The molecule has 124 valence electrons. The van der Waals surface area contributed by atoms with Crippen molar-refractivity contribution >= 4 is 0 Å². The fourth-order valence-electron chi connectivity index (χ4n) is 3.21. The second-order valence-corrected chi connectivity index (χ2v) is 6.47. The van der Waals surface area contributed by atoms with Gasteiger partial charge in [-0.15, -0.1) is 0 Å². The first kappa shape index (κ1) is 17.3. The minimum Gasteiger partial charge on any atom is -0.497 e. The van der Waals surface area contributed by atoms with Crippen molar-refractivity contribution < 1.29 is 9.84 Å². The highest BCUT2D eigenvalue weighted by Crippen LogP contribution is 2.16. The van der Waals surface area contributed by atoms with Gasteiger partial charge in [0.15, 0.2) is 0 Å². The molecular weight excluding hydrogens is 274 g/mol. The van der Waals surface area contributed by atoms with Crippen molar-refractivity contribution in [3.05, 3.63) is 29.8 Å². The first-order valence-electron chi connectivity index (χ1n) is 8.81. The summed E-state index contributed by atoms with van der Waals surface area (Å²) >= 11 is 0. The minimum atomic E-state index is -0.0726. The van der Waals surface area contributed by atoms with Crippen molar-refractivity contribution in [3.63, 3.8) is 0 Å². The molecule has 1 N–H and O–H groups in total. The van der Waals surface area contributed by atoms with Gasteiger partial charge in [0.1, 0.15) is 5.75 Å². The number of hydrogen-bond donors (Lipinski definition) is 1. The normalized spacial score (nSPS) is 18.7. The van der Waals surface area contributed by atoms with E-state index in [1.807, 2.05) is 6.07 Å². The third-order valence-corrected chi connectivity index (χ3v) is 4.57. The van der Waals surface area contributed by atoms with Gasteiger partial charge < -0.3 is 14.7 Å². The zero-order valence-corrected chi connectivity index (χ0v) is 14.0. The molecule has 0 spiro atoms. The second kappa shape index (κ2) is 9.86. The number of nitrogens with zero attached hydrogens (tertiary/aromatic N) is 1. The number of β-amino-alcohol motifs (C(OH)–C–C–N with tert-alkyl or cyclic N) is 1. The molecule has 1 unspecified atom stereocenters. The number of benzene rings is 1. The molecule has 1 aliphatic heterocycles. The molecule has 22 heavy (non-hydrogen) atoms. The highest BCUT2D eigenvalue weighted by atomic mass is 16.5. The molecule has 1 aromatic rings. The van der Waals surface area contributed by atoms with Gasteiger partial charge in [0.05, 0.1) is 13.2 Å². The summed E-state index contributed by atoms with van der Waals surface area (Å²) in [5, 5.41) is 9.48. The maximum atomic E-state index is 9.48. The van der Waals surface area contributed by atoms with Crippen LogP contribution in [-0.4, -0.2) is 42.9 Å². The van der Waals surface area contributed by atoms with E-state index < -0.39 is 0 Å². The SMILES string of the molecule is COc1cccc(CCCCCCCCN2CCC(O)C2)c1. The maximum Gasteiger partial charge on any atom is 0.119 e. The molecule has 0 bridgehead atoms. The van der Waals surface area contributed by atoms with Crippen molar-refractivity contribution in [1.82, 2.24) is 4.90 Å². The van der Waals surface area contributed by atoms with Crippen LogP contribution in [0.4, 0.5) is 0 Å². The molecule has 1 atom stereocenters. The summed E-state index contributed by atoms with van der Waals surface area (Å²) in [6.07, 6.45) is 9.92. The zero-order chi connectivity index (χ0) is 15.6. The van der Waals surface area contributed by atoms with Crippen LogP contribution in [0.5, 0.6) is 5.75 Å². The summed E-state index contributed by atoms with van der Waals surface area (Å²) in [5.74, 6) is 0.963. The van der Waals surface area contributed by atoms with Crippen molar-refractivity contribution in [2.45, 2.75) is 57.5 Å². The van der Waals surface area contributed by atoms with Gasteiger partial charge in [-0.3, -0.25) is 0 Å². The summed E-state index contributed by atoms with van der Waals surface area (Å²) in [7, 11) is 1.72. The first-order valence-corrected chi connectivity index (χ1v) is 8.81. The largest absolute Gasteiger partial charge is 0.497 e. The van der Waals surface area contributed by atoms with Gasteiger partial charge >= 0.3 is 0 Å². The fourth-order valence-corrected chi connectivity index (χ4v) is 3.21. The third kappa shape index (κ3) is 6.37. The van der Waals surface area contributed by atoms with Gasteiger partial charge in [-0.25, -0.2) is 0 Å². The van der Waals surface area contributed by atoms with Gasteiger partial charge in [0.2, 0.25) is 0 Å². The summed E-state index contributed by atoms with van der Waals surface area (Å²) in [6, 6.07) is 8.41. The Labute approximate surface area is 135 Å². The van der Waals surface area contributed by atoms with E-state index in [0.29, 0.717) is 0 Å². The Morgan fingerprint density at radius 1 is 1.14 bits per heavy atom. The van der Waals surface area contributed by atoms with Crippen molar-refractivity contribution in [2.24, 2.45) is 0 Å². The van der Waals surface area contributed by atoms with E-state index in [0.717, 1.165) is 31.7 Å². The van der Waals surface area contributed by atoms with E-state index in [9.17, 15) is 5.11 Å². The van der Waals surface area contributed by atoms with Gasteiger partial charge in [-0.2, -0.15) is 0 Å². The van der Waals surface area contributed by atoms with E-state index in [1.54, 1.807) is 7.11 Å². The molecule has 0 aliphatic carbocycles. The molecule has 1 fully saturated rings. The van der Waals surface area contributed by atoms with Crippen molar-refractivity contribution in [3.8, 4) is 5.75 Å². The Morgan fingerprint density at radius 2 is 1.91 bits per heavy atom. The van der Waals surface area contributed by atoms with Crippen LogP contribution in [-0.2, 0) is 6.42 Å². The number of aryl methyl sites for hydroxylation is 1. The average Bonchev–Trinajstić information content (AvgIpc) is 2.95. The van der Waals surface area contributed by atoms with Gasteiger partial charge in [-0.05, 0) is 49.9 Å². The summed E-state index contributed by atoms with van der Waals surface area (Å²) in [6.45, 7) is 3.14. The topological polar surface area (TPSA) is 32.7 Å². The molecule has 1 aromatic carbocycles. The van der Waals surface area contributed by atoms with Gasteiger partial charge in [-0.1, -0.05) is 37.8 Å². The summed E-state index contributed by atoms with van der Waals surface area (Å²) in [5.41, 5.74) is 1.38. The Kier molecular flexibility index (Phi) is 7.75. The Bertz CT molecular complexity index is 422. The third-order valence-electron chi connectivity index (χ3n) is 4.57. The molecule has 3 heteroatoms. The number of unbranched alkanes of at least 4 members (excludes halogenated alkanes) is 5. The lowest BCUT2D eigenvalue weighted by atomic mass is 10.0. The molecule has 2 rings (SSSR count). The van der Waals surface area contributed by atoms with Crippen LogP contribution in [0.3, 0.4) is 0 Å². The predicted octanol–water partition coefficient (Wildman–Crippen LogP) is 3.64. The Balaban J connectivity index is 1.44.